The highest BCUT2D eigenvalue weighted by Crippen LogP contribution is 2.36. The van der Waals surface area contributed by atoms with Crippen LogP contribution in [0.5, 0.6) is 0 Å². The van der Waals surface area contributed by atoms with E-state index in [9.17, 15) is 18.0 Å². The van der Waals surface area contributed by atoms with Crippen molar-refractivity contribution in [2.45, 2.75) is 16.8 Å². The van der Waals surface area contributed by atoms with E-state index in [4.69, 9.17) is 0 Å². The Labute approximate surface area is 95.3 Å². The molecular formula is C11H9F3OS. The van der Waals surface area contributed by atoms with Crippen molar-refractivity contribution in [1.82, 2.24) is 0 Å². The quantitative estimate of drug-likeness (QED) is 0.592. The van der Waals surface area contributed by atoms with E-state index >= 15 is 0 Å². The van der Waals surface area contributed by atoms with Gasteiger partial charge in [0.15, 0.2) is 0 Å². The molecule has 0 aliphatic carbocycles. The molecule has 0 aliphatic rings. The fraction of sp³-hybridized carbons (Fsp3) is 0.182. The molecule has 1 aromatic rings. The van der Waals surface area contributed by atoms with E-state index in [-0.39, 0.29) is 23.1 Å². The van der Waals surface area contributed by atoms with E-state index in [2.05, 4.69) is 0 Å². The van der Waals surface area contributed by atoms with Crippen molar-refractivity contribution < 1.29 is 18.0 Å². The average Bonchev–Trinajstić information content (AvgIpc) is 2.16. The number of aldehydes is 1. The summed E-state index contributed by atoms with van der Waals surface area (Å²) in [6.45, 7) is 0. The van der Waals surface area contributed by atoms with Crippen LogP contribution >= 0.6 is 11.8 Å². The predicted octanol–water partition coefficient (Wildman–Crippen LogP) is 3.90. The summed E-state index contributed by atoms with van der Waals surface area (Å²) in [5.41, 5.74) is -3.62. The number of carbonyl (C=O) groups excluding carboxylic acids is 1. The molecule has 0 saturated heterocycles. The van der Waals surface area contributed by atoms with Crippen LogP contribution in [0.4, 0.5) is 13.2 Å². The maximum Gasteiger partial charge on any atom is 0.446 e. The average molecular weight is 246 g/mol. The highest BCUT2D eigenvalue weighted by Gasteiger charge is 2.28. The van der Waals surface area contributed by atoms with E-state index in [1.165, 1.54) is 12.1 Å². The number of rotatable bonds is 4. The molecule has 1 nitrogen and oxygen atoms in total. The maximum atomic E-state index is 12.1. The van der Waals surface area contributed by atoms with Crippen molar-refractivity contribution in [2.75, 3.05) is 0 Å². The van der Waals surface area contributed by atoms with Crippen molar-refractivity contribution in [3.05, 3.63) is 35.9 Å². The summed E-state index contributed by atoms with van der Waals surface area (Å²) >= 11 is -0.149. The number of hydrogen-bond acceptors (Lipinski definition) is 2. The summed E-state index contributed by atoms with van der Waals surface area (Å²) in [5.74, 6) is 0. The van der Waals surface area contributed by atoms with E-state index in [1.807, 2.05) is 0 Å². The van der Waals surface area contributed by atoms with E-state index in [0.717, 1.165) is 6.29 Å². The predicted molar refractivity (Wildman–Crippen MR) is 58.1 cm³/mol. The molecule has 1 aromatic carbocycles. The lowest BCUT2D eigenvalue weighted by molar-refractivity contribution is -0.107. The lowest BCUT2D eigenvalue weighted by Crippen LogP contribution is -1.98. The number of benzene rings is 1. The molecule has 0 bridgehead atoms. The van der Waals surface area contributed by atoms with Crippen molar-refractivity contribution in [1.29, 1.82) is 0 Å². The second kappa shape index (κ2) is 5.75. The van der Waals surface area contributed by atoms with Crippen LogP contribution in [0.15, 0.2) is 35.2 Å². The normalized spacial score (nSPS) is 11.9. The SMILES string of the molecule is O=CCC=Cc1cccc(SC(F)(F)F)c1. The number of allylic oxidation sites excluding steroid dienone is 1. The van der Waals surface area contributed by atoms with Crippen molar-refractivity contribution >= 4 is 24.1 Å². The summed E-state index contributed by atoms with van der Waals surface area (Å²) in [7, 11) is 0. The summed E-state index contributed by atoms with van der Waals surface area (Å²) < 4.78 is 36.2. The minimum absolute atomic E-state index is 0.140. The molecule has 0 unspecified atom stereocenters. The van der Waals surface area contributed by atoms with Crippen LogP contribution in [-0.2, 0) is 4.79 Å². The minimum atomic E-state index is -4.27. The fourth-order valence-electron chi connectivity index (χ4n) is 1.08. The van der Waals surface area contributed by atoms with Gasteiger partial charge in [-0.15, -0.1) is 0 Å². The molecule has 0 N–H and O–H groups in total. The molecule has 0 saturated carbocycles. The number of halogens is 3. The van der Waals surface area contributed by atoms with Gasteiger partial charge in [-0.3, -0.25) is 0 Å². The van der Waals surface area contributed by atoms with Crippen LogP contribution in [0.2, 0.25) is 0 Å². The molecule has 0 amide bonds. The van der Waals surface area contributed by atoms with Crippen LogP contribution in [0.25, 0.3) is 6.08 Å². The summed E-state index contributed by atoms with van der Waals surface area (Å²) in [4.78, 5) is 10.2. The van der Waals surface area contributed by atoms with E-state index in [0.29, 0.717) is 5.56 Å². The van der Waals surface area contributed by atoms with Crippen LogP contribution < -0.4 is 0 Å². The molecule has 0 fully saturated rings. The van der Waals surface area contributed by atoms with Crippen LogP contribution in [0.1, 0.15) is 12.0 Å². The third kappa shape index (κ3) is 5.02. The Morgan fingerprint density at radius 2 is 2.06 bits per heavy atom. The second-order valence-electron chi connectivity index (χ2n) is 2.93. The molecule has 1 rings (SSSR count). The first kappa shape index (κ1) is 12.8. The van der Waals surface area contributed by atoms with Gasteiger partial charge in [-0.2, -0.15) is 13.2 Å². The highest BCUT2D eigenvalue weighted by molar-refractivity contribution is 8.00. The van der Waals surface area contributed by atoms with Gasteiger partial charge in [-0.1, -0.05) is 24.3 Å². The first-order valence-corrected chi connectivity index (χ1v) is 5.29. The van der Waals surface area contributed by atoms with Crippen LogP contribution in [-0.4, -0.2) is 11.8 Å². The second-order valence-corrected chi connectivity index (χ2v) is 4.06. The number of thioether (sulfide) groups is 1. The Hall–Kier alpha value is -1.23. The molecule has 16 heavy (non-hydrogen) atoms. The van der Waals surface area contributed by atoms with E-state index < -0.39 is 5.51 Å². The monoisotopic (exact) mass is 246 g/mol. The number of carbonyl (C=O) groups is 1. The summed E-state index contributed by atoms with van der Waals surface area (Å²) in [6.07, 6.45) is 4.21. The first-order valence-electron chi connectivity index (χ1n) is 4.47. The number of hydrogen-bond donors (Lipinski definition) is 0. The van der Waals surface area contributed by atoms with Crippen molar-refractivity contribution in [2.24, 2.45) is 0 Å². The summed E-state index contributed by atoms with van der Waals surface area (Å²) in [6, 6.07) is 6.06. The van der Waals surface area contributed by atoms with Crippen LogP contribution in [0, 0.1) is 0 Å². The molecule has 5 heteroatoms. The molecule has 0 atom stereocenters. The van der Waals surface area contributed by atoms with Gasteiger partial charge in [0.25, 0.3) is 0 Å². The first-order chi connectivity index (χ1) is 7.51. The smallest absolute Gasteiger partial charge is 0.303 e. The highest BCUT2D eigenvalue weighted by atomic mass is 32.2. The molecule has 86 valence electrons. The minimum Gasteiger partial charge on any atom is -0.303 e. The zero-order valence-corrected chi connectivity index (χ0v) is 9.02. The van der Waals surface area contributed by atoms with Gasteiger partial charge in [0.1, 0.15) is 6.29 Å². The Kier molecular flexibility index (Phi) is 4.61. The third-order valence-corrected chi connectivity index (χ3v) is 2.36. The third-order valence-electron chi connectivity index (χ3n) is 1.63. The largest absolute Gasteiger partial charge is 0.446 e. The Morgan fingerprint density at radius 3 is 2.69 bits per heavy atom. The van der Waals surface area contributed by atoms with E-state index in [1.54, 1.807) is 24.3 Å². The van der Waals surface area contributed by atoms with Gasteiger partial charge in [-0.05, 0) is 29.5 Å². The Morgan fingerprint density at radius 1 is 1.31 bits per heavy atom. The van der Waals surface area contributed by atoms with Crippen molar-refractivity contribution in [3.63, 3.8) is 0 Å². The molecular weight excluding hydrogens is 237 g/mol. The van der Waals surface area contributed by atoms with Gasteiger partial charge in [0, 0.05) is 11.3 Å². The topological polar surface area (TPSA) is 17.1 Å². The Bertz CT molecular complexity index is 385. The number of alkyl halides is 3. The standard InChI is InChI=1S/C11H9F3OS/c12-11(13,14)16-10-6-3-5-9(8-10)4-1-2-7-15/h1,3-8H,2H2. The fourth-order valence-corrected chi connectivity index (χ4v) is 1.68. The van der Waals surface area contributed by atoms with Crippen molar-refractivity contribution in [3.8, 4) is 0 Å². The van der Waals surface area contributed by atoms with Crippen LogP contribution in [0.3, 0.4) is 0 Å². The van der Waals surface area contributed by atoms with Gasteiger partial charge in [-0.25, -0.2) is 0 Å². The lowest BCUT2D eigenvalue weighted by atomic mass is 10.2. The molecule has 0 aliphatic heterocycles. The van der Waals surface area contributed by atoms with Gasteiger partial charge >= 0.3 is 5.51 Å². The van der Waals surface area contributed by atoms with Gasteiger partial charge in [0.2, 0.25) is 0 Å². The maximum absolute atomic E-state index is 12.1. The Balaban J connectivity index is 2.75. The zero-order valence-electron chi connectivity index (χ0n) is 8.20. The molecule has 0 heterocycles. The zero-order chi connectivity index (χ0) is 12.0. The summed E-state index contributed by atoms with van der Waals surface area (Å²) in [5, 5.41) is 0. The molecule has 0 spiro atoms. The van der Waals surface area contributed by atoms with Gasteiger partial charge in [0.05, 0.1) is 0 Å². The van der Waals surface area contributed by atoms with Gasteiger partial charge < -0.3 is 4.79 Å². The molecule has 0 radical (unpaired) electrons. The molecule has 0 aromatic heterocycles. The lowest BCUT2D eigenvalue weighted by Gasteiger charge is -2.05.